The van der Waals surface area contributed by atoms with Crippen LogP contribution < -0.4 is 5.73 Å². The second-order valence-electron chi connectivity index (χ2n) is 5.00. The standard InChI is InChI=1S/C12H17FINO/c1-12(2,3)11(16)10(15)8-6-7(14)4-5-9(8)13/h4-6,10-11,16H,15H2,1-3H3/t10-,11-/m0/s1. The molecule has 0 saturated heterocycles. The van der Waals surface area contributed by atoms with E-state index in [1.165, 1.54) is 6.07 Å². The lowest BCUT2D eigenvalue weighted by molar-refractivity contribution is 0.0391. The first kappa shape index (κ1) is 13.9. The largest absolute Gasteiger partial charge is 0.391 e. The Morgan fingerprint density at radius 2 is 1.94 bits per heavy atom. The summed E-state index contributed by atoms with van der Waals surface area (Å²) in [5.74, 6) is -0.365. The summed E-state index contributed by atoms with van der Waals surface area (Å²) in [6, 6.07) is 4.03. The fraction of sp³-hybridized carbons (Fsp3) is 0.500. The van der Waals surface area contributed by atoms with E-state index in [0.29, 0.717) is 5.56 Å². The SMILES string of the molecule is CC(C)(C)[C@@H](O)[C@@H](N)c1cc(I)ccc1F. The first-order chi connectivity index (χ1) is 7.23. The zero-order valence-corrected chi connectivity index (χ0v) is 11.8. The highest BCUT2D eigenvalue weighted by atomic mass is 127. The van der Waals surface area contributed by atoms with Gasteiger partial charge in [0, 0.05) is 9.13 Å². The molecule has 0 aliphatic rings. The van der Waals surface area contributed by atoms with Crippen molar-refractivity contribution in [2.75, 3.05) is 0 Å². The first-order valence-corrected chi connectivity index (χ1v) is 6.20. The summed E-state index contributed by atoms with van der Waals surface area (Å²) < 4.78 is 14.5. The van der Waals surface area contributed by atoms with E-state index in [1.54, 1.807) is 12.1 Å². The molecular weight excluding hydrogens is 320 g/mol. The number of aliphatic hydroxyl groups excluding tert-OH is 1. The predicted octanol–water partition coefficient (Wildman–Crippen LogP) is 2.84. The molecule has 0 unspecified atom stereocenters. The van der Waals surface area contributed by atoms with E-state index in [1.807, 2.05) is 20.8 Å². The van der Waals surface area contributed by atoms with Crippen molar-refractivity contribution in [2.45, 2.75) is 32.9 Å². The van der Waals surface area contributed by atoms with Gasteiger partial charge in [-0.25, -0.2) is 4.39 Å². The van der Waals surface area contributed by atoms with Crippen molar-refractivity contribution in [1.29, 1.82) is 0 Å². The van der Waals surface area contributed by atoms with E-state index < -0.39 is 12.1 Å². The van der Waals surface area contributed by atoms with Crippen LogP contribution in [0.5, 0.6) is 0 Å². The molecule has 1 aromatic rings. The topological polar surface area (TPSA) is 46.2 Å². The molecule has 0 bridgehead atoms. The van der Waals surface area contributed by atoms with Crippen molar-refractivity contribution in [2.24, 2.45) is 11.1 Å². The third kappa shape index (κ3) is 3.15. The van der Waals surface area contributed by atoms with Gasteiger partial charge < -0.3 is 10.8 Å². The molecule has 4 heteroatoms. The zero-order valence-electron chi connectivity index (χ0n) is 9.67. The van der Waals surface area contributed by atoms with Crippen LogP contribution in [0.1, 0.15) is 32.4 Å². The highest BCUT2D eigenvalue weighted by Crippen LogP contribution is 2.30. The van der Waals surface area contributed by atoms with Gasteiger partial charge in [0.1, 0.15) is 5.82 Å². The fourth-order valence-corrected chi connectivity index (χ4v) is 1.99. The Morgan fingerprint density at radius 1 is 1.38 bits per heavy atom. The number of hydrogen-bond acceptors (Lipinski definition) is 2. The highest BCUT2D eigenvalue weighted by molar-refractivity contribution is 14.1. The molecule has 0 aliphatic carbocycles. The van der Waals surface area contributed by atoms with Crippen LogP contribution in [0, 0.1) is 14.8 Å². The van der Waals surface area contributed by atoms with Crippen LogP contribution in [-0.2, 0) is 0 Å². The van der Waals surface area contributed by atoms with Crippen LogP contribution in [0.3, 0.4) is 0 Å². The van der Waals surface area contributed by atoms with Crippen LogP contribution in [0.4, 0.5) is 4.39 Å². The Hall–Kier alpha value is -0.200. The van der Waals surface area contributed by atoms with Gasteiger partial charge in [-0.15, -0.1) is 0 Å². The smallest absolute Gasteiger partial charge is 0.128 e. The van der Waals surface area contributed by atoms with Crippen LogP contribution >= 0.6 is 22.6 Å². The van der Waals surface area contributed by atoms with Crippen LogP contribution in [0.25, 0.3) is 0 Å². The van der Waals surface area contributed by atoms with Gasteiger partial charge in [-0.2, -0.15) is 0 Å². The zero-order chi connectivity index (χ0) is 12.5. The van der Waals surface area contributed by atoms with Crippen molar-refractivity contribution < 1.29 is 9.50 Å². The average Bonchev–Trinajstić information content (AvgIpc) is 2.18. The Balaban J connectivity index is 3.05. The number of halogens is 2. The lowest BCUT2D eigenvalue weighted by Gasteiger charge is -2.31. The molecule has 0 saturated carbocycles. The quantitative estimate of drug-likeness (QED) is 0.816. The van der Waals surface area contributed by atoms with E-state index in [2.05, 4.69) is 22.6 Å². The maximum absolute atomic E-state index is 13.6. The van der Waals surface area contributed by atoms with Crippen molar-refractivity contribution in [1.82, 2.24) is 0 Å². The fourth-order valence-electron chi connectivity index (χ4n) is 1.48. The summed E-state index contributed by atoms with van der Waals surface area (Å²) >= 11 is 2.10. The Labute approximate surface area is 109 Å². The normalized spacial score (nSPS) is 15.9. The van der Waals surface area contributed by atoms with E-state index in [0.717, 1.165) is 3.57 Å². The number of rotatable bonds is 2. The minimum Gasteiger partial charge on any atom is -0.391 e. The van der Waals surface area contributed by atoms with E-state index >= 15 is 0 Å². The number of hydrogen-bond donors (Lipinski definition) is 2. The molecule has 0 aromatic heterocycles. The van der Waals surface area contributed by atoms with E-state index in [-0.39, 0.29) is 11.2 Å². The molecule has 0 aliphatic heterocycles. The highest BCUT2D eigenvalue weighted by Gasteiger charge is 2.30. The van der Waals surface area contributed by atoms with Gasteiger partial charge >= 0.3 is 0 Å². The third-order valence-corrected chi connectivity index (χ3v) is 3.22. The molecule has 0 spiro atoms. The van der Waals surface area contributed by atoms with Gasteiger partial charge in [0.15, 0.2) is 0 Å². The van der Waals surface area contributed by atoms with Gasteiger partial charge in [-0.1, -0.05) is 20.8 Å². The second-order valence-corrected chi connectivity index (χ2v) is 6.25. The molecular formula is C12H17FINO. The van der Waals surface area contributed by atoms with Gasteiger partial charge in [0.25, 0.3) is 0 Å². The molecule has 0 radical (unpaired) electrons. The monoisotopic (exact) mass is 337 g/mol. The van der Waals surface area contributed by atoms with Crippen molar-refractivity contribution >= 4 is 22.6 Å². The van der Waals surface area contributed by atoms with Crippen LogP contribution in [0.15, 0.2) is 18.2 Å². The predicted molar refractivity (Wildman–Crippen MR) is 71.5 cm³/mol. The molecule has 1 aromatic carbocycles. The van der Waals surface area contributed by atoms with Crippen molar-refractivity contribution in [3.8, 4) is 0 Å². The number of aliphatic hydroxyl groups is 1. The first-order valence-electron chi connectivity index (χ1n) is 5.12. The lowest BCUT2D eigenvalue weighted by atomic mass is 9.82. The Kier molecular flexibility index (Phi) is 4.31. The molecule has 0 heterocycles. The summed E-state index contributed by atoms with van der Waals surface area (Å²) in [4.78, 5) is 0. The van der Waals surface area contributed by atoms with Gasteiger partial charge in [-0.3, -0.25) is 0 Å². The summed E-state index contributed by atoms with van der Waals surface area (Å²) in [5.41, 5.74) is 5.90. The summed E-state index contributed by atoms with van der Waals surface area (Å²) in [5, 5.41) is 10.0. The van der Waals surface area contributed by atoms with Crippen molar-refractivity contribution in [3.05, 3.63) is 33.1 Å². The average molecular weight is 337 g/mol. The molecule has 16 heavy (non-hydrogen) atoms. The Bertz CT molecular complexity index is 376. The molecule has 1 rings (SSSR count). The molecule has 3 N–H and O–H groups in total. The maximum Gasteiger partial charge on any atom is 0.128 e. The van der Waals surface area contributed by atoms with Crippen molar-refractivity contribution in [3.63, 3.8) is 0 Å². The Morgan fingerprint density at radius 3 is 2.44 bits per heavy atom. The molecule has 0 fully saturated rings. The molecule has 90 valence electrons. The molecule has 2 atom stereocenters. The maximum atomic E-state index is 13.6. The lowest BCUT2D eigenvalue weighted by Crippen LogP contribution is -2.37. The van der Waals surface area contributed by atoms with Crippen LogP contribution in [0.2, 0.25) is 0 Å². The van der Waals surface area contributed by atoms with Gasteiger partial charge in [0.2, 0.25) is 0 Å². The third-order valence-electron chi connectivity index (χ3n) is 2.54. The van der Waals surface area contributed by atoms with Crippen LogP contribution in [-0.4, -0.2) is 11.2 Å². The minimum atomic E-state index is -0.778. The minimum absolute atomic E-state index is 0.365. The summed E-state index contributed by atoms with van der Waals surface area (Å²) in [7, 11) is 0. The summed E-state index contributed by atoms with van der Waals surface area (Å²) in [6.45, 7) is 5.63. The van der Waals surface area contributed by atoms with Gasteiger partial charge in [0.05, 0.1) is 12.1 Å². The molecule has 2 nitrogen and oxygen atoms in total. The summed E-state index contributed by atoms with van der Waals surface area (Å²) in [6.07, 6.45) is -0.778. The number of benzene rings is 1. The van der Waals surface area contributed by atoms with E-state index in [9.17, 15) is 9.50 Å². The molecule has 0 amide bonds. The van der Waals surface area contributed by atoms with E-state index in [4.69, 9.17) is 5.73 Å². The second kappa shape index (κ2) is 4.98. The van der Waals surface area contributed by atoms with Gasteiger partial charge in [-0.05, 0) is 46.2 Å². The number of nitrogens with two attached hydrogens (primary N) is 1.